The SMILES string of the molecule is CC(C)Cn1c2ccc(OCC(=O)N(C)CCc3ccccn3)cc2c2c3c(c4c(c21)CCc1nn(C)cc1-4)C(=O)NC3. The minimum Gasteiger partial charge on any atom is -0.484 e. The van der Waals surface area contributed by atoms with Crippen LogP contribution in [0.5, 0.6) is 5.75 Å². The molecule has 1 aliphatic carbocycles. The number of benzene rings is 2. The molecule has 7 rings (SSSR count). The molecule has 0 radical (unpaired) electrons. The molecule has 2 amide bonds. The first-order valence-corrected chi connectivity index (χ1v) is 15.0. The van der Waals surface area contributed by atoms with E-state index in [2.05, 4.69) is 41.0 Å². The molecule has 0 saturated carbocycles. The van der Waals surface area contributed by atoms with Crippen molar-refractivity contribution in [2.24, 2.45) is 13.0 Å². The van der Waals surface area contributed by atoms with E-state index in [1.165, 1.54) is 11.1 Å². The van der Waals surface area contributed by atoms with E-state index in [0.717, 1.165) is 69.3 Å². The highest BCUT2D eigenvalue weighted by Gasteiger charge is 2.35. The molecule has 5 aromatic rings. The zero-order valence-corrected chi connectivity index (χ0v) is 25.1. The number of hydrogen-bond donors (Lipinski definition) is 1. The van der Waals surface area contributed by atoms with Gasteiger partial charge in [-0.3, -0.25) is 19.3 Å². The molecule has 0 unspecified atom stereocenters. The predicted molar refractivity (Wildman–Crippen MR) is 166 cm³/mol. The predicted octanol–water partition coefficient (Wildman–Crippen LogP) is 4.67. The van der Waals surface area contributed by atoms with Crippen LogP contribution in [0.4, 0.5) is 0 Å². The van der Waals surface area contributed by atoms with Crippen LogP contribution < -0.4 is 10.1 Å². The Morgan fingerprint density at radius 3 is 2.79 bits per heavy atom. The van der Waals surface area contributed by atoms with Crippen molar-refractivity contribution in [1.29, 1.82) is 0 Å². The van der Waals surface area contributed by atoms with Gasteiger partial charge in [0.05, 0.1) is 16.8 Å². The number of aryl methyl sites for hydroxylation is 3. The van der Waals surface area contributed by atoms with E-state index in [4.69, 9.17) is 9.84 Å². The highest BCUT2D eigenvalue weighted by Crippen LogP contribution is 2.47. The van der Waals surface area contributed by atoms with Crippen molar-refractivity contribution in [2.75, 3.05) is 20.2 Å². The maximum absolute atomic E-state index is 13.4. The van der Waals surface area contributed by atoms with Gasteiger partial charge in [0.15, 0.2) is 6.61 Å². The molecule has 1 N–H and O–H groups in total. The summed E-state index contributed by atoms with van der Waals surface area (Å²) >= 11 is 0. The zero-order valence-electron chi connectivity index (χ0n) is 25.1. The number of likely N-dealkylation sites (N-methyl/N-ethyl adjacent to an activating group) is 1. The lowest BCUT2D eigenvalue weighted by molar-refractivity contribution is -0.132. The summed E-state index contributed by atoms with van der Waals surface area (Å²) in [7, 11) is 3.73. The third-order valence-electron chi connectivity index (χ3n) is 8.68. The summed E-state index contributed by atoms with van der Waals surface area (Å²) in [5, 5.41) is 9.98. The lowest BCUT2D eigenvalue weighted by Gasteiger charge is -2.22. The molecule has 0 saturated heterocycles. The first kappa shape index (κ1) is 27.2. The lowest BCUT2D eigenvalue weighted by atomic mass is 9.82. The fraction of sp³-hybridized carbons (Fsp3) is 0.353. The number of rotatable bonds is 8. The number of hydrogen-bond acceptors (Lipinski definition) is 5. The average molecular weight is 577 g/mol. The molecular weight excluding hydrogens is 540 g/mol. The summed E-state index contributed by atoms with van der Waals surface area (Å²) in [5.41, 5.74) is 9.44. The molecule has 9 nitrogen and oxygen atoms in total. The Morgan fingerprint density at radius 2 is 2.00 bits per heavy atom. The molecule has 0 fully saturated rings. The van der Waals surface area contributed by atoms with Crippen molar-refractivity contribution < 1.29 is 14.3 Å². The van der Waals surface area contributed by atoms with Crippen molar-refractivity contribution in [2.45, 2.75) is 46.2 Å². The van der Waals surface area contributed by atoms with Crippen LogP contribution in [0.1, 0.15) is 46.7 Å². The lowest BCUT2D eigenvalue weighted by Crippen LogP contribution is -2.33. The summed E-state index contributed by atoms with van der Waals surface area (Å²) in [6.45, 7) is 6.32. The van der Waals surface area contributed by atoms with Crippen molar-refractivity contribution in [1.82, 2.24) is 29.5 Å². The van der Waals surface area contributed by atoms with E-state index < -0.39 is 0 Å². The van der Waals surface area contributed by atoms with Gasteiger partial charge in [0.1, 0.15) is 5.75 Å². The van der Waals surface area contributed by atoms with Crippen LogP contribution in [0.15, 0.2) is 48.8 Å². The fourth-order valence-corrected chi connectivity index (χ4v) is 6.75. The van der Waals surface area contributed by atoms with Crippen LogP contribution in [0, 0.1) is 5.92 Å². The number of fused-ring (bicyclic) bond motifs is 10. The zero-order chi connectivity index (χ0) is 29.8. The van der Waals surface area contributed by atoms with Gasteiger partial charge < -0.3 is 19.5 Å². The molecule has 43 heavy (non-hydrogen) atoms. The van der Waals surface area contributed by atoms with Crippen LogP contribution >= 0.6 is 0 Å². The van der Waals surface area contributed by atoms with Crippen molar-refractivity contribution in [3.8, 4) is 16.9 Å². The maximum atomic E-state index is 13.4. The van der Waals surface area contributed by atoms with Crippen LogP contribution in [0.2, 0.25) is 0 Å². The van der Waals surface area contributed by atoms with Crippen LogP contribution in [-0.2, 0) is 44.2 Å². The summed E-state index contributed by atoms with van der Waals surface area (Å²) in [5.74, 6) is 0.952. The fourth-order valence-electron chi connectivity index (χ4n) is 6.75. The smallest absolute Gasteiger partial charge is 0.260 e. The van der Waals surface area contributed by atoms with Crippen LogP contribution in [-0.4, -0.2) is 56.2 Å². The van der Waals surface area contributed by atoms with Gasteiger partial charge in [0.2, 0.25) is 0 Å². The number of aromatic nitrogens is 4. The Labute approximate surface area is 250 Å². The second-order valence-corrected chi connectivity index (χ2v) is 12.1. The van der Waals surface area contributed by atoms with Crippen molar-refractivity contribution in [3.63, 3.8) is 0 Å². The van der Waals surface area contributed by atoms with Gasteiger partial charge in [-0.25, -0.2) is 0 Å². The Hall–Kier alpha value is -4.66. The van der Waals surface area contributed by atoms with Gasteiger partial charge in [0, 0.05) is 85.7 Å². The number of ether oxygens (including phenoxy) is 1. The minimum atomic E-state index is -0.0877. The summed E-state index contributed by atoms with van der Waals surface area (Å²) in [4.78, 5) is 32.3. The summed E-state index contributed by atoms with van der Waals surface area (Å²) in [6, 6.07) is 11.9. The Balaban J connectivity index is 1.28. The molecule has 220 valence electrons. The number of pyridine rings is 1. The number of nitrogens with one attached hydrogen (secondary N) is 1. The molecule has 0 spiro atoms. The molecule has 9 heteroatoms. The highest BCUT2D eigenvalue weighted by atomic mass is 16.5. The van der Waals surface area contributed by atoms with Gasteiger partial charge in [-0.2, -0.15) is 5.10 Å². The standard InChI is InChI=1S/C34H36N6O3/c1-20(2)17-40-28-11-8-22(43-19-29(41)38(3)14-12-21-7-5-6-13-35-21)15-24(28)31-25-16-36-34(42)32(25)30-23(33(31)40)9-10-27-26(30)18-39(4)37-27/h5-8,11,13,15,18,20H,9-10,12,14,16-17,19H2,1-4H3,(H,36,42). The minimum absolute atomic E-state index is 0.0265. The van der Waals surface area contributed by atoms with Crippen LogP contribution in [0.25, 0.3) is 32.9 Å². The van der Waals surface area contributed by atoms with Gasteiger partial charge in [-0.05, 0) is 60.2 Å². The van der Waals surface area contributed by atoms with Gasteiger partial charge >= 0.3 is 0 Å². The van der Waals surface area contributed by atoms with Gasteiger partial charge in [-0.1, -0.05) is 19.9 Å². The molecule has 0 bridgehead atoms. The number of carbonyl (C=O) groups is 2. The van der Waals surface area contributed by atoms with Crippen molar-refractivity contribution in [3.05, 3.63) is 76.9 Å². The molecule has 2 aromatic carbocycles. The molecular formula is C34H36N6O3. The topological polar surface area (TPSA) is 94.3 Å². The van der Waals surface area contributed by atoms with Gasteiger partial charge in [-0.15, -0.1) is 0 Å². The van der Waals surface area contributed by atoms with Gasteiger partial charge in [0.25, 0.3) is 11.8 Å². The monoisotopic (exact) mass is 576 g/mol. The summed E-state index contributed by atoms with van der Waals surface area (Å²) in [6.07, 6.45) is 6.17. The van der Waals surface area contributed by atoms with E-state index in [1.807, 2.05) is 42.1 Å². The molecule has 1 aliphatic heterocycles. The third-order valence-corrected chi connectivity index (χ3v) is 8.68. The van der Waals surface area contributed by atoms with Crippen molar-refractivity contribution >= 4 is 33.6 Å². The van der Waals surface area contributed by atoms with E-state index >= 15 is 0 Å². The molecule has 0 atom stereocenters. The highest BCUT2D eigenvalue weighted by molar-refractivity contribution is 6.19. The molecule has 4 heterocycles. The molecule has 2 aliphatic rings. The molecule has 3 aromatic heterocycles. The van der Waals surface area contributed by atoms with E-state index in [9.17, 15) is 9.59 Å². The summed E-state index contributed by atoms with van der Waals surface area (Å²) < 4.78 is 10.4. The first-order chi connectivity index (χ1) is 20.8. The number of nitrogens with zero attached hydrogens (tertiary/aromatic N) is 5. The quantitative estimate of drug-likeness (QED) is 0.290. The Morgan fingerprint density at radius 1 is 1.14 bits per heavy atom. The normalized spacial score (nSPS) is 13.7. The second kappa shape index (κ2) is 10.6. The second-order valence-electron chi connectivity index (χ2n) is 12.1. The Bertz CT molecular complexity index is 1900. The van der Waals surface area contributed by atoms with Crippen LogP contribution in [0.3, 0.4) is 0 Å². The van der Waals surface area contributed by atoms with E-state index in [-0.39, 0.29) is 18.4 Å². The Kier molecular flexibility index (Phi) is 6.68. The maximum Gasteiger partial charge on any atom is 0.260 e. The van der Waals surface area contributed by atoms with E-state index in [1.54, 1.807) is 18.1 Å². The number of carbonyl (C=O) groups excluding carboxylic acids is 2. The van der Waals surface area contributed by atoms with E-state index in [0.29, 0.717) is 31.2 Å². The third kappa shape index (κ3) is 4.63. The number of amides is 2. The average Bonchev–Trinajstić information content (AvgIpc) is 3.67. The first-order valence-electron chi connectivity index (χ1n) is 15.0. The largest absolute Gasteiger partial charge is 0.484 e.